The molecule has 0 bridgehead atoms. The zero-order valence-corrected chi connectivity index (χ0v) is 9.11. The van der Waals surface area contributed by atoms with E-state index in [2.05, 4.69) is 11.9 Å². The van der Waals surface area contributed by atoms with Gasteiger partial charge in [0, 0.05) is 18.2 Å². The zero-order valence-electron chi connectivity index (χ0n) is 9.11. The molecule has 1 unspecified atom stereocenters. The number of allylic oxidation sites excluding steroid dienone is 1. The van der Waals surface area contributed by atoms with Gasteiger partial charge in [-0.3, -0.25) is 0 Å². The van der Waals surface area contributed by atoms with Crippen molar-refractivity contribution in [3.05, 3.63) is 36.8 Å². The Hall–Kier alpha value is -1.02. The van der Waals surface area contributed by atoms with Crippen LogP contribution in [0.1, 0.15) is 31.2 Å². The van der Waals surface area contributed by atoms with E-state index < -0.39 is 0 Å². The maximum atomic E-state index is 5.05. The van der Waals surface area contributed by atoms with Gasteiger partial charge < -0.3 is 9.73 Å². The van der Waals surface area contributed by atoms with E-state index in [1.54, 1.807) is 6.26 Å². The largest absolute Gasteiger partial charge is 0.472 e. The van der Waals surface area contributed by atoms with Crippen LogP contribution in [0.3, 0.4) is 0 Å². The highest BCUT2D eigenvalue weighted by Gasteiger charge is 2.29. The number of hydrogen-bond acceptors (Lipinski definition) is 2. The Morgan fingerprint density at radius 3 is 3.07 bits per heavy atom. The molecule has 2 heteroatoms. The van der Waals surface area contributed by atoms with Crippen molar-refractivity contribution >= 4 is 0 Å². The van der Waals surface area contributed by atoms with Crippen LogP contribution in [0.2, 0.25) is 0 Å². The molecule has 1 aromatic heterocycles. The molecule has 2 nitrogen and oxygen atoms in total. The summed E-state index contributed by atoms with van der Waals surface area (Å²) in [5, 5.41) is 3.61. The lowest BCUT2D eigenvalue weighted by molar-refractivity contribution is 0.435. The molecular formula is C13H19NO. The van der Waals surface area contributed by atoms with Crippen molar-refractivity contribution in [2.75, 3.05) is 0 Å². The van der Waals surface area contributed by atoms with E-state index in [0.717, 1.165) is 18.9 Å². The minimum atomic E-state index is 0.665. The fourth-order valence-corrected chi connectivity index (χ4v) is 1.94. The fourth-order valence-electron chi connectivity index (χ4n) is 1.94. The highest BCUT2D eigenvalue weighted by Crippen LogP contribution is 2.34. The molecule has 1 fully saturated rings. The second-order valence-electron chi connectivity index (χ2n) is 4.32. The Kier molecular flexibility index (Phi) is 3.62. The van der Waals surface area contributed by atoms with Gasteiger partial charge in [0.2, 0.25) is 0 Å². The number of nitrogens with one attached hydrogen (secondary N) is 1. The second kappa shape index (κ2) is 5.17. The molecule has 1 aliphatic carbocycles. The smallest absolute Gasteiger partial charge is 0.0947 e. The Morgan fingerprint density at radius 1 is 1.60 bits per heavy atom. The third-order valence-corrected chi connectivity index (χ3v) is 3.02. The summed E-state index contributed by atoms with van der Waals surface area (Å²) in [6.45, 7) is 4.71. The van der Waals surface area contributed by atoms with Gasteiger partial charge in [0.05, 0.1) is 12.5 Å². The molecule has 1 N–H and O–H groups in total. The van der Waals surface area contributed by atoms with Crippen molar-refractivity contribution < 1.29 is 4.42 Å². The Balaban J connectivity index is 1.76. The van der Waals surface area contributed by atoms with Crippen molar-refractivity contribution in [3.8, 4) is 0 Å². The predicted molar refractivity (Wildman–Crippen MR) is 61.5 cm³/mol. The molecule has 1 aliphatic rings. The summed E-state index contributed by atoms with van der Waals surface area (Å²) in [5.74, 6) is 0.900. The average Bonchev–Trinajstić information content (AvgIpc) is 2.95. The van der Waals surface area contributed by atoms with Crippen molar-refractivity contribution in [2.45, 2.75) is 38.3 Å². The van der Waals surface area contributed by atoms with Gasteiger partial charge in [0.25, 0.3) is 0 Å². The van der Waals surface area contributed by atoms with Crippen LogP contribution in [0.4, 0.5) is 0 Å². The first kappa shape index (κ1) is 10.5. The number of hydrogen-bond donors (Lipinski definition) is 1. The maximum Gasteiger partial charge on any atom is 0.0947 e. The maximum absolute atomic E-state index is 5.05. The van der Waals surface area contributed by atoms with E-state index in [-0.39, 0.29) is 0 Å². The van der Waals surface area contributed by atoms with Gasteiger partial charge in [-0.15, -0.1) is 6.58 Å². The number of rotatable bonds is 7. The molecule has 1 aromatic rings. The minimum Gasteiger partial charge on any atom is -0.472 e. The van der Waals surface area contributed by atoms with Crippen molar-refractivity contribution in [2.24, 2.45) is 5.92 Å². The molecule has 1 saturated carbocycles. The van der Waals surface area contributed by atoms with Gasteiger partial charge in [0.1, 0.15) is 0 Å². The topological polar surface area (TPSA) is 25.2 Å². The lowest BCUT2D eigenvalue weighted by atomic mass is 10.1. The van der Waals surface area contributed by atoms with Gasteiger partial charge >= 0.3 is 0 Å². The molecule has 0 radical (unpaired) electrons. The third-order valence-electron chi connectivity index (χ3n) is 3.02. The highest BCUT2D eigenvalue weighted by molar-refractivity contribution is 5.05. The fraction of sp³-hybridized carbons (Fsp3) is 0.538. The first-order chi connectivity index (χ1) is 7.40. The molecule has 0 spiro atoms. The van der Waals surface area contributed by atoms with Gasteiger partial charge in [0.15, 0.2) is 0 Å². The van der Waals surface area contributed by atoms with Crippen LogP contribution in [0.25, 0.3) is 0 Å². The minimum absolute atomic E-state index is 0.665. The predicted octanol–water partition coefficient (Wildman–Crippen LogP) is 3.11. The highest BCUT2D eigenvalue weighted by atomic mass is 16.3. The monoisotopic (exact) mass is 205 g/mol. The Bertz CT molecular complexity index is 287. The van der Waals surface area contributed by atoms with Gasteiger partial charge in [-0.25, -0.2) is 0 Å². The molecule has 0 amide bonds. The standard InChI is InChI=1S/C13H19NO/c1-2-3-4-13(12-5-6-12)14-9-11-7-8-15-10-11/h2,7-8,10,12-14H,1,3-6,9H2. The van der Waals surface area contributed by atoms with E-state index in [1.807, 2.05) is 18.4 Å². The van der Waals surface area contributed by atoms with Crippen LogP contribution in [0.15, 0.2) is 35.7 Å². The third kappa shape index (κ3) is 3.24. The quantitative estimate of drug-likeness (QED) is 0.692. The summed E-state index contributed by atoms with van der Waals surface area (Å²) < 4.78 is 5.05. The average molecular weight is 205 g/mol. The zero-order chi connectivity index (χ0) is 10.5. The molecular weight excluding hydrogens is 186 g/mol. The van der Waals surface area contributed by atoms with Crippen LogP contribution in [0.5, 0.6) is 0 Å². The molecule has 0 saturated heterocycles. The van der Waals surface area contributed by atoms with Crippen LogP contribution in [-0.2, 0) is 6.54 Å². The summed E-state index contributed by atoms with van der Waals surface area (Å²) in [4.78, 5) is 0. The Morgan fingerprint density at radius 2 is 2.47 bits per heavy atom. The molecule has 0 aromatic carbocycles. The van der Waals surface area contributed by atoms with Crippen molar-refractivity contribution in [1.82, 2.24) is 5.32 Å². The number of furan rings is 1. The molecule has 82 valence electrons. The van der Waals surface area contributed by atoms with E-state index in [1.165, 1.54) is 24.8 Å². The first-order valence-corrected chi connectivity index (χ1v) is 5.75. The van der Waals surface area contributed by atoms with E-state index in [4.69, 9.17) is 4.42 Å². The van der Waals surface area contributed by atoms with E-state index in [0.29, 0.717) is 6.04 Å². The second-order valence-corrected chi connectivity index (χ2v) is 4.32. The van der Waals surface area contributed by atoms with Gasteiger partial charge in [-0.1, -0.05) is 6.08 Å². The molecule has 15 heavy (non-hydrogen) atoms. The molecule has 2 rings (SSSR count). The van der Waals surface area contributed by atoms with Gasteiger partial charge in [-0.05, 0) is 37.7 Å². The summed E-state index contributed by atoms with van der Waals surface area (Å²) in [7, 11) is 0. The Labute approximate surface area is 91.4 Å². The van der Waals surface area contributed by atoms with Crippen LogP contribution >= 0.6 is 0 Å². The molecule has 1 atom stereocenters. The molecule has 0 aliphatic heterocycles. The van der Waals surface area contributed by atoms with Crippen LogP contribution in [-0.4, -0.2) is 6.04 Å². The lowest BCUT2D eigenvalue weighted by Gasteiger charge is -2.16. The summed E-state index contributed by atoms with van der Waals surface area (Å²) in [6, 6.07) is 2.68. The summed E-state index contributed by atoms with van der Waals surface area (Å²) in [6.07, 6.45) is 10.7. The van der Waals surface area contributed by atoms with Gasteiger partial charge in [-0.2, -0.15) is 0 Å². The van der Waals surface area contributed by atoms with Crippen LogP contribution < -0.4 is 5.32 Å². The van der Waals surface area contributed by atoms with E-state index >= 15 is 0 Å². The molecule has 1 heterocycles. The first-order valence-electron chi connectivity index (χ1n) is 5.75. The summed E-state index contributed by atoms with van der Waals surface area (Å²) >= 11 is 0. The van der Waals surface area contributed by atoms with Crippen molar-refractivity contribution in [3.63, 3.8) is 0 Å². The van der Waals surface area contributed by atoms with E-state index in [9.17, 15) is 0 Å². The SMILES string of the molecule is C=CCCC(NCc1ccoc1)C1CC1. The van der Waals surface area contributed by atoms with Crippen LogP contribution in [0, 0.1) is 5.92 Å². The lowest BCUT2D eigenvalue weighted by Crippen LogP contribution is -2.30. The van der Waals surface area contributed by atoms with Crippen molar-refractivity contribution in [1.29, 1.82) is 0 Å². The normalized spacial score (nSPS) is 17.6. The summed E-state index contributed by atoms with van der Waals surface area (Å²) in [5.41, 5.74) is 1.24.